The first-order valence-corrected chi connectivity index (χ1v) is 10.0. The second kappa shape index (κ2) is 7.45. The van der Waals surface area contributed by atoms with E-state index >= 15 is 0 Å². The van der Waals surface area contributed by atoms with Gasteiger partial charge in [-0.25, -0.2) is 17.9 Å². The first-order valence-electron chi connectivity index (χ1n) is 8.15. The van der Waals surface area contributed by atoms with Gasteiger partial charge in [-0.05, 0) is 42.5 Å². The van der Waals surface area contributed by atoms with Gasteiger partial charge in [0.15, 0.2) is 22.3 Å². The zero-order valence-corrected chi connectivity index (χ0v) is 16.1. The Balaban J connectivity index is 1.48. The van der Waals surface area contributed by atoms with Crippen molar-refractivity contribution in [1.29, 1.82) is 0 Å². The molecular formula is C17H12ClN7O3S. The van der Waals surface area contributed by atoms with Crippen molar-refractivity contribution in [3.8, 4) is 0 Å². The fourth-order valence-corrected chi connectivity index (χ4v) is 3.52. The Bertz CT molecular complexity index is 1260. The summed E-state index contributed by atoms with van der Waals surface area (Å²) in [5.41, 5.74) is 1.13. The van der Waals surface area contributed by atoms with Gasteiger partial charge in [0.25, 0.3) is 15.9 Å². The number of sulfonamides is 1. The maximum atomic E-state index is 12.4. The molecule has 0 bridgehead atoms. The maximum Gasteiger partial charge on any atom is 0.276 e. The van der Waals surface area contributed by atoms with Gasteiger partial charge in [0.1, 0.15) is 0 Å². The van der Waals surface area contributed by atoms with Crippen LogP contribution in [-0.4, -0.2) is 39.1 Å². The Morgan fingerprint density at radius 2 is 1.86 bits per heavy atom. The molecule has 0 saturated carbocycles. The van der Waals surface area contributed by atoms with Gasteiger partial charge in [0, 0.05) is 24.1 Å². The van der Waals surface area contributed by atoms with Crippen molar-refractivity contribution < 1.29 is 13.2 Å². The molecule has 0 fully saturated rings. The number of hydrogen-bond acceptors (Lipinski definition) is 7. The number of benzene rings is 1. The zero-order valence-electron chi connectivity index (χ0n) is 14.5. The van der Waals surface area contributed by atoms with Crippen molar-refractivity contribution in [1.82, 2.24) is 24.8 Å². The number of carbonyl (C=O) groups excluding carboxylic acids is 1. The molecule has 3 heterocycles. The average molecular weight is 430 g/mol. The maximum absolute atomic E-state index is 12.4. The van der Waals surface area contributed by atoms with E-state index in [-0.39, 0.29) is 21.6 Å². The molecule has 0 aliphatic rings. The summed E-state index contributed by atoms with van der Waals surface area (Å²) in [6.07, 6.45) is 3.28. The largest absolute Gasteiger partial charge is 0.321 e. The van der Waals surface area contributed by atoms with Gasteiger partial charge >= 0.3 is 0 Å². The number of nitrogens with zero attached hydrogens (tertiary/aromatic N) is 5. The summed E-state index contributed by atoms with van der Waals surface area (Å²) < 4.78 is 28.6. The van der Waals surface area contributed by atoms with Crippen LogP contribution in [0.25, 0.3) is 5.65 Å². The highest BCUT2D eigenvalue weighted by Crippen LogP contribution is 2.18. The highest BCUT2D eigenvalue weighted by molar-refractivity contribution is 7.92. The minimum Gasteiger partial charge on any atom is -0.321 e. The van der Waals surface area contributed by atoms with Crippen LogP contribution in [-0.2, 0) is 10.0 Å². The Labute approximate surface area is 169 Å². The molecule has 1 aromatic carbocycles. The van der Waals surface area contributed by atoms with E-state index < -0.39 is 15.9 Å². The number of hydrogen-bond donors (Lipinski definition) is 2. The summed E-state index contributed by atoms with van der Waals surface area (Å²) in [6.45, 7) is 0. The van der Waals surface area contributed by atoms with E-state index in [1.807, 2.05) is 0 Å². The van der Waals surface area contributed by atoms with Gasteiger partial charge in [-0.15, -0.1) is 10.2 Å². The van der Waals surface area contributed by atoms with E-state index in [9.17, 15) is 13.2 Å². The predicted molar refractivity (Wildman–Crippen MR) is 105 cm³/mol. The molecule has 146 valence electrons. The predicted octanol–water partition coefficient (Wildman–Crippen LogP) is 2.23. The van der Waals surface area contributed by atoms with Crippen LogP contribution in [0.15, 0.2) is 65.8 Å². The smallest absolute Gasteiger partial charge is 0.276 e. The Morgan fingerprint density at radius 3 is 2.55 bits per heavy atom. The first kappa shape index (κ1) is 18.8. The number of fused-ring (bicyclic) bond motifs is 1. The molecule has 0 aliphatic heterocycles. The van der Waals surface area contributed by atoms with E-state index in [1.165, 1.54) is 40.9 Å². The topological polar surface area (TPSA) is 131 Å². The molecule has 1 amide bonds. The second-order valence-corrected chi connectivity index (χ2v) is 7.85. The lowest BCUT2D eigenvalue weighted by molar-refractivity contribution is 0.102. The highest BCUT2D eigenvalue weighted by atomic mass is 35.5. The van der Waals surface area contributed by atoms with Crippen molar-refractivity contribution in [2.75, 3.05) is 10.0 Å². The van der Waals surface area contributed by atoms with Crippen molar-refractivity contribution >= 4 is 44.7 Å². The summed E-state index contributed by atoms with van der Waals surface area (Å²) >= 11 is 5.63. The quantitative estimate of drug-likeness (QED) is 0.497. The number of rotatable bonds is 5. The zero-order chi connectivity index (χ0) is 20.4. The van der Waals surface area contributed by atoms with Crippen LogP contribution in [0.2, 0.25) is 5.15 Å². The number of amides is 1. The third-order valence-corrected chi connectivity index (χ3v) is 5.33. The van der Waals surface area contributed by atoms with Crippen LogP contribution < -0.4 is 10.0 Å². The normalized spacial score (nSPS) is 11.3. The molecule has 0 unspecified atom stereocenters. The van der Waals surface area contributed by atoms with Crippen molar-refractivity contribution in [3.63, 3.8) is 0 Å². The lowest BCUT2D eigenvalue weighted by Gasteiger charge is -2.08. The molecule has 29 heavy (non-hydrogen) atoms. The molecule has 4 aromatic rings. The molecule has 10 nitrogen and oxygen atoms in total. The van der Waals surface area contributed by atoms with Gasteiger partial charge < -0.3 is 5.32 Å². The third kappa shape index (κ3) is 4.15. The number of anilines is 2. The van der Waals surface area contributed by atoms with Crippen LogP contribution in [0.5, 0.6) is 0 Å². The molecule has 12 heteroatoms. The lowest BCUT2D eigenvalue weighted by Crippen LogP contribution is -2.15. The summed E-state index contributed by atoms with van der Waals surface area (Å²) in [5.74, 6) is -0.409. The minimum atomic E-state index is -3.87. The molecule has 4 rings (SSSR count). The second-order valence-electron chi connectivity index (χ2n) is 5.78. The molecule has 2 N–H and O–H groups in total. The third-order valence-electron chi connectivity index (χ3n) is 3.76. The molecule has 0 spiro atoms. The summed E-state index contributed by atoms with van der Waals surface area (Å²) in [4.78, 5) is 16.5. The summed E-state index contributed by atoms with van der Waals surface area (Å²) in [7, 11) is -3.87. The van der Waals surface area contributed by atoms with Crippen LogP contribution in [0.1, 0.15) is 10.5 Å². The van der Waals surface area contributed by atoms with Gasteiger partial charge in [-0.1, -0.05) is 11.6 Å². The van der Waals surface area contributed by atoms with Crippen LogP contribution in [0, 0.1) is 0 Å². The van der Waals surface area contributed by atoms with Gasteiger partial charge in [0.2, 0.25) is 0 Å². The SMILES string of the molecule is O=C(Nc1ccc(S(=O)(=O)Nc2ccc(Cl)nn2)cc1)c1cc2ncccn2n1. The highest BCUT2D eigenvalue weighted by Gasteiger charge is 2.16. The molecule has 0 atom stereocenters. The van der Waals surface area contributed by atoms with E-state index in [2.05, 4.69) is 30.3 Å². The summed E-state index contributed by atoms with van der Waals surface area (Å²) in [5, 5.41) is 14.2. The van der Waals surface area contributed by atoms with Crippen LogP contribution in [0.3, 0.4) is 0 Å². The van der Waals surface area contributed by atoms with Gasteiger partial charge in [-0.2, -0.15) is 5.10 Å². The number of nitrogens with one attached hydrogen (secondary N) is 2. The Hall–Kier alpha value is -3.57. The fourth-order valence-electron chi connectivity index (χ4n) is 2.42. The molecular weight excluding hydrogens is 418 g/mol. The summed E-state index contributed by atoms with van der Waals surface area (Å²) in [6, 6.07) is 11.7. The molecule has 3 aromatic heterocycles. The standard InChI is InChI=1S/C17H12ClN7O3S/c18-14-6-7-15(22-21-14)24-29(27,28)12-4-2-11(3-5-12)20-17(26)13-10-16-19-8-1-9-25(16)23-13/h1-10H,(H,20,26)(H,22,24). The van der Waals surface area contributed by atoms with E-state index in [1.54, 1.807) is 24.5 Å². The van der Waals surface area contributed by atoms with Gasteiger partial charge in [0.05, 0.1) is 4.90 Å². The van der Waals surface area contributed by atoms with Crippen molar-refractivity contribution in [2.45, 2.75) is 4.90 Å². The van der Waals surface area contributed by atoms with Crippen molar-refractivity contribution in [2.24, 2.45) is 0 Å². The van der Waals surface area contributed by atoms with Crippen LogP contribution in [0.4, 0.5) is 11.5 Å². The van der Waals surface area contributed by atoms with Crippen LogP contribution >= 0.6 is 11.6 Å². The van der Waals surface area contributed by atoms with Gasteiger partial charge in [-0.3, -0.25) is 9.52 Å². The average Bonchev–Trinajstić information content (AvgIpc) is 3.14. The molecule has 0 saturated heterocycles. The van der Waals surface area contributed by atoms with Crippen molar-refractivity contribution in [3.05, 3.63) is 71.8 Å². The lowest BCUT2D eigenvalue weighted by atomic mass is 10.3. The Morgan fingerprint density at radius 1 is 1.07 bits per heavy atom. The molecule has 0 radical (unpaired) electrons. The monoisotopic (exact) mass is 429 g/mol. The number of aromatic nitrogens is 5. The van der Waals surface area contributed by atoms with E-state index in [0.29, 0.717) is 11.3 Å². The Kier molecular flexibility index (Phi) is 4.82. The van der Waals surface area contributed by atoms with E-state index in [0.717, 1.165) is 0 Å². The van der Waals surface area contributed by atoms with E-state index in [4.69, 9.17) is 11.6 Å². The minimum absolute atomic E-state index is 0.0100. The number of carbonyl (C=O) groups is 1. The number of halogens is 1. The fraction of sp³-hybridized carbons (Fsp3) is 0. The molecule has 0 aliphatic carbocycles. The first-order chi connectivity index (χ1) is 13.9.